The fourth-order valence-corrected chi connectivity index (χ4v) is 13.1. The van der Waals surface area contributed by atoms with Gasteiger partial charge in [-0.05, 0) is 70.6 Å². The van der Waals surface area contributed by atoms with Crippen molar-refractivity contribution in [2.45, 2.75) is 412 Å². The van der Waals surface area contributed by atoms with Crippen LogP contribution in [0.5, 0.6) is 0 Å². The minimum atomic E-state index is -4.40. The monoisotopic (exact) mass is 1380 g/mol. The number of quaternary nitrogens is 1. The molecule has 97 heavy (non-hydrogen) atoms. The molecule has 9 nitrogen and oxygen atoms in total. The van der Waals surface area contributed by atoms with Crippen molar-refractivity contribution < 1.29 is 42.1 Å². The number of rotatable bonds is 78. The van der Waals surface area contributed by atoms with Gasteiger partial charge in [-0.1, -0.05) is 407 Å². The van der Waals surface area contributed by atoms with Crippen molar-refractivity contribution in [2.75, 3.05) is 47.5 Å². The molecule has 0 aromatic carbocycles. The summed E-state index contributed by atoms with van der Waals surface area (Å²) in [5.74, 6) is -0.779. The van der Waals surface area contributed by atoms with Crippen LogP contribution in [0.15, 0.2) is 85.1 Å². The molecule has 566 valence electrons. The maximum Gasteiger partial charge on any atom is 0.472 e. The molecular formula is C87H161NO8P+. The second kappa shape index (κ2) is 77.4. The predicted molar refractivity (Wildman–Crippen MR) is 422 cm³/mol. The van der Waals surface area contributed by atoms with E-state index in [0.29, 0.717) is 23.9 Å². The summed E-state index contributed by atoms with van der Waals surface area (Å²) in [6, 6.07) is 0. The average Bonchev–Trinajstić information content (AvgIpc) is 1.41. The van der Waals surface area contributed by atoms with Gasteiger partial charge in [0.25, 0.3) is 0 Å². The Kier molecular flexibility index (Phi) is 75.1. The number of hydrogen-bond acceptors (Lipinski definition) is 7. The van der Waals surface area contributed by atoms with E-state index < -0.39 is 26.5 Å². The van der Waals surface area contributed by atoms with Crippen LogP contribution < -0.4 is 0 Å². The normalized spacial score (nSPS) is 13.4. The Morgan fingerprint density at radius 3 is 0.876 bits per heavy atom. The summed E-state index contributed by atoms with van der Waals surface area (Å²) >= 11 is 0. The Morgan fingerprint density at radius 2 is 0.588 bits per heavy atom. The molecule has 10 heteroatoms. The van der Waals surface area contributed by atoms with Gasteiger partial charge in [0.1, 0.15) is 19.8 Å². The number of phosphoric ester groups is 1. The Balaban J connectivity index is 3.92. The molecule has 0 aliphatic rings. The quantitative estimate of drug-likeness (QED) is 0.0211. The summed E-state index contributed by atoms with van der Waals surface area (Å²) in [7, 11) is 1.49. The first-order chi connectivity index (χ1) is 47.5. The lowest BCUT2D eigenvalue weighted by Crippen LogP contribution is -2.37. The second-order valence-corrected chi connectivity index (χ2v) is 30.9. The lowest BCUT2D eigenvalue weighted by atomic mass is 10.0. The lowest BCUT2D eigenvalue weighted by molar-refractivity contribution is -0.870. The number of likely N-dealkylation sites (N-methyl/N-ethyl adjacent to an activating group) is 1. The van der Waals surface area contributed by atoms with Crippen molar-refractivity contribution in [3.8, 4) is 0 Å². The number of esters is 2. The Morgan fingerprint density at radius 1 is 0.330 bits per heavy atom. The summed E-state index contributed by atoms with van der Waals surface area (Å²) < 4.78 is 34.9. The van der Waals surface area contributed by atoms with E-state index in [9.17, 15) is 19.0 Å². The SMILES string of the molecule is CC/C=C\C/C=C\C/C=C\C/C=C\C/C=C\C/C=C\C/C=C\CCCCCCCCCCCCCCCCCC(=O)OC(COC(=O)CCCCCCCCCCCCCCCCCCCCCCCCCCCCCCCCCCCCCC)COP(=O)(O)OCC[N+](C)(C)C. The molecule has 0 aromatic rings. The Hall–Kier alpha value is -2.81. The largest absolute Gasteiger partial charge is 0.472 e. The topological polar surface area (TPSA) is 108 Å². The number of allylic oxidation sites excluding steroid dienone is 14. The Labute approximate surface area is 602 Å². The van der Waals surface area contributed by atoms with Crippen LogP contribution >= 0.6 is 7.82 Å². The van der Waals surface area contributed by atoms with Gasteiger partial charge in [-0.3, -0.25) is 18.6 Å². The van der Waals surface area contributed by atoms with Gasteiger partial charge in [0, 0.05) is 12.8 Å². The Bertz CT molecular complexity index is 1910. The lowest BCUT2D eigenvalue weighted by Gasteiger charge is -2.24. The predicted octanol–water partition coefficient (Wildman–Crippen LogP) is 28.0. The van der Waals surface area contributed by atoms with Crippen LogP contribution in [0.4, 0.5) is 0 Å². The van der Waals surface area contributed by atoms with Crippen molar-refractivity contribution in [3.05, 3.63) is 85.1 Å². The molecule has 0 radical (unpaired) electrons. The van der Waals surface area contributed by atoms with Gasteiger partial charge in [0.05, 0.1) is 27.7 Å². The maximum absolute atomic E-state index is 12.9. The molecule has 2 unspecified atom stereocenters. The van der Waals surface area contributed by atoms with E-state index in [1.54, 1.807) is 0 Å². The van der Waals surface area contributed by atoms with Crippen LogP contribution in [0.2, 0.25) is 0 Å². The maximum atomic E-state index is 12.9. The van der Waals surface area contributed by atoms with Gasteiger partial charge in [-0.2, -0.15) is 0 Å². The van der Waals surface area contributed by atoms with Gasteiger partial charge in [-0.25, -0.2) is 4.57 Å². The fourth-order valence-electron chi connectivity index (χ4n) is 12.4. The van der Waals surface area contributed by atoms with Crippen LogP contribution in [0.1, 0.15) is 406 Å². The molecular weight excluding hydrogens is 1220 g/mol. The molecule has 0 amide bonds. The molecule has 0 spiro atoms. The number of phosphoric acid groups is 1. The van der Waals surface area contributed by atoms with Gasteiger partial charge in [0.2, 0.25) is 0 Å². The van der Waals surface area contributed by atoms with E-state index in [-0.39, 0.29) is 25.6 Å². The molecule has 2 atom stereocenters. The van der Waals surface area contributed by atoms with Crippen molar-refractivity contribution in [1.29, 1.82) is 0 Å². The van der Waals surface area contributed by atoms with E-state index >= 15 is 0 Å². The molecule has 0 saturated carbocycles. The van der Waals surface area contributed by atoms with E-state index in [0.717, 1.165) is 77.0 Å². The number of unbranched alkanes of at least 4 members (excludes halogenated alkanes) is 50. The number of nitrogens with zero attached hydrogens (tertiary/aromatic N) is 1. The summed E-state index contributed by atoms with van der Waals surface area (Å²) in [4.78, 5) is 36.0. The van der Waals surface area contributed by atoms with Crippen LogP contribution in [0.25, 0.3) is 0 Å². The number of carbonyl (C=O) groups excluding carboxylic acids is 2. The molecule has 0 aliphatic heterocycles. The highest BCUT2D eigenvalue weighted by atomic mass is 31.2. The molecule has 0 saturated heterocycles. The summed E-state index contributed by atoms with van der Waals surface area (Å²) in [5, 5.41) is 0. The highest BCUT2D eigenvalue weighted by molar-refractivity contribution is 7.47. The molecule has 0 heterocycles. The van der Waals surface area contributed by atoms with Gasteiger partial charge in [0.15, 0.2) is 6.10 Å². The van der Waals surface area contributed by atoms with Crippen LogP contribution in [-0.4, -0.2) is 74.9 Å². The van der Waals surface area contributed by atoms with Gasteiger partial charge >= 0.3 is 19.8 Å². The second-order valence-electron chi connectivity index (χ2n) is 29.5. The highest BCUT2D eigenvalue weighted by Crippen LogP contribution is 2.43. The van der Waals surface area contributed by atoms with Crippen LogP contribution in [-0.2, 0) is 32.7 Å². The van der Waals surface area contributed by atoms with Crippen molar-refractivity contribution >= 4 is 19.8 Å². The zero-order valence-electron chi connectivity index (χ0n) is 64.8. The van der Waals surface area contributed by atoms with E-state index in [1.807, 2.05) is 21.1 Å². The molecule has 0 bridgehead atoms. The summed E-state index contributed by atoms with van der Waals surface area (Å²) in [5.41, 5.74) is 0. The standard InChI is InChI=1S/C87H160NO8P/c1-6-8-10-12-14-16-18-20-22-24-26-28-30-32-34-36-38-40-42-44-46-48-50-52-54-56-58-60-62-64-66-68-70-72-74-76-78-80-87(90)96-85(84-95-97(91,92)94-82-81-88(3,4)5)83-93-86(89)79-77-75-73-71-69-67-65-63-61-59-57-55-53-51-49-47-45-43-41-39-37-35-33-31-29-27-25-23-21-19-17-15-13-11-9-7-2/h8,10,14,16,20,22,26,28,32,34,38,40,44,46,85H,6-7,9,11-13,15,17-19,21,23-25,27,29-31,33,35-37,39,41-43,45,47-84H2,1-5H3/p+1/b10-8-,16-14-,22-20-,28-26-,34-32-,40-38-,46-44-. The van der Waals surface area contributed by atoms with Crippen molar-refractivity contribution in [1.82, 2.24) is 0 Å². The average molecular weight is 1380 g/mol. The molecule has 0 aromatic heterocycles. The number of ether oxygens (including phenoxy) is 2. The van der Waals surface area contributed by atoms with Crippen LogP contribution in [0.3, 0.4) is 0 Å². The molecule has 0 aliphatic carbocycles. The summed E-state index contributed by atoms with van der Waals surface area (Å²) in [6.07, 6.45) is 107. The highest BCUT2D eigenvalue weighted by Gasteiger charge is 2.27. The van der Waals surface area contributed by atoms with E-state index in [1.165, 1.54) is 295 Å². The zero-order chi connectivity index (χ0) is 70.4. The smallest absolute Gasteiger partial charge is 0.462 e. The third kappa shape index (κ3) is 82.0. The van der Waals surface area contributed by atoms with Crippen molar-refractivity contribution in [2.24, 2.45) is 0 Å². The third-order valence-electron chi connectivity index (χ3n) is 18.7. The minimum Gasteiger partial charge on any atom is -0.462 e. The van der Waals surface area contributed by atoms with Crippen molar-refractivity contribution in [3.63, 3.8) is 0 Å². The van der Waals surface area contributed by atoms with Crippen LogP contribution in [0, 0.1) is 0 Å². The summed E-state index contributed by atoms with van der Waals surface area (Å²) in [6.45, 7) is 4.39. The van der Waals surface area contributed by atoms with E-state index in [2.05, 4.69) is 98.9 Å². The third-order valence-corrected chi connectivity index (χ3v) is 19.7. The molecule has 1 N–H and O–H groups in total. The van der Waals surface area contributed by atoms with E-state index in [4.69, 9.17) is 18.5 Å². The number of carbonyl (C=O) groups is 2. The van der Waals surface area contributed by atoms with Gasteiger partial charge in [-0.15, -0.1) is 0 Å². The zero-order valence-corrected chi connectivity index (χ0v) is 65.7. The molecule has 0 rings (SSSR count). The number of hydrogen-bond donors (Lipinski definition) is 1. The first-order valence-electron chi connectivity index (χ1n) is 41.8. The first kappa shape index (κ1) is 94.2. The minimum absolute atomic E-state index is 0.0319. The first-order valence-corrected chi connectivity index (χ1v) is 43.3. The van der Waals surface area contributed by atoms with Gasteiger partial charge < -0.3 is 18.9 Å². The fraction of sp³-hybridized carbons (Fsp3) is 0.816. The molecule has 0 fully saturated rings.